The highest BCUT2D eigenvalue weighted by atomic mass is 19.1. The molecule has 0 fully saturated rings. The number of aryl methyl sites for hydroxylation is 1. The van der Waals surface area contributed by atoms with Crippen LogP contribution in [0.1, 0.15) is 12.0 Å². The Labute approximate surface area is 115 Å². The summed E-state index contributed by atoms with van der Waals surface area (Å²) in [5.74, 6) is 0.250. The minimum atomic E-state index is -0.266. The fraction of sp³-hybridized carbons (Fsp3) is 0.286. The Morgan fingerprint density at radius 2 is 2.10 bits per heavy atom. The van der Waals surface area contributed by atoms with Crippen molar-refractivity contribution in [2.24, 2.45) is 0 Å². The number of amides is 1. The van der Waals surface area contributed by atoms with Crippen molar-refractivity contribution in [1.29, 1.82) is 0 Å². The molecule has 20 heavy (non-hydrogen) atoms. The molecule has 1 aliphatic heterocycles. The van der Waals surface area contributed by atoms with Gasteiger partial charge in [0.2, 0.25) is 5.91 Å². The molecule has 0 saturated heterocycles. The molecule has 1 amide bonds. The third-order valence-corrected chi connectivity index (χ3v) is 3.46. The molecule has 3 rings (SSSR count). The first-order valence-corrected chi connectivity index (χ1v) is 6.51. The van der Waals surface area contributed by atoms with E-state index in [0.29, 0.717) is 31.7 Å². The summed E-state index contributed by atoms with van der Waals surface area (Å²) >= 11 is 0. The maximum Gasteiger partial charge on any atom is 0.227 e. The van der Waals surface area contributed by atoms with Crippen molar-refractivity contribution in [3.05, 3.63) is 41.8 Å². The Balaban J connectivity index is 1.80. The Hall–Kier alpha value is -2.37. The molecule has 0 aliphatic carbocycles. The van der Waals surface area contributed by atoms with Gasteiger partial charge in [0.1, 0.15) is 11.6 Å². The average Bonchev–Trinajstić information content (AvgIpc) is 2.83. The average molecular weight is 274 g/mol. The summed E-state index contributed by atoms with van der Waals surface area (Å²) < 4.78 is 14.9. The zero-order chi connectivity index (χ0) is 14.1. The minimum Gasteiger partial charge on any atom is -0.382 e. The lowest BCUT2D eigenvalue weighted by molar-refractivity contribution is -0.118. The van der Waals surface area contributed by atoms with Crippen LogP contribution in [-0.4, -0.2) is 22.2 Å². The van der Waals surface area contributed by atoms with Crippen molar-refractivity contribution in [2.75, 3.05) is 17.2 Å². The standard InChI is InChI=1S/C14H15FN4O/c15-11-2-3-12-10(9-11)1-4-14(20)19(12)8-7-18-6-5-13(16)17-18/h2-3,5-6,9H,1,4,7-8H2,(H2,16,17). The van der Waals surface area contributed by atoms with Crippen LogP contribution in [0.25, 0.3) is 0 Å². The predicted molar refractivity (Wildman–Crippen MR) is 73.7 cm³/mol. The number of nitrogen functional groups attached to an aromatic ring is 1. The minimum absolute atomic E-state index is 0.0595. The molecule has 0 unspecified atom stereocenters. The Morgan fingerprint density at radius 3 is 2.85 bits per heavy atom. The molecule has 2 aromatic rings. The number of fused-ring (bicyclic) bond motifs is 1. The van der Waals surface area contributed by atoms with Gasteiger partial charge in [-0.25, -0.2) is 4.39 Å². The first kappa shape index (κ1) is 12.7. The zero-order valence-electron chi connectivity index (χ0n) is 10.9. The molecule has 104 valence electrons. The van der Waals surface area contributed by atoms with Gasteiger partial charge in [0.05, 0.1) is 6.54 Å². The van der Waals surface area contributed by atoms with E-state index in [9.17, 15) is 9.18 Å². The summed E-state index contributed by atoms with van der Waals surface area (Å²) in [5.41, 5.74) is 7.23. The molecule has 0 atom stereocenters. The van der Waals surface area contributed by atoms with E-state index in [1.807, 2.05) is 0 Å². The summed E-state index contributed by atoms with van der Waals surface area (Å²) in [7, 11) is 0. The number of anilines is 2. The van der Waals surface area contributed by atoms with Gasteiger partial charge in [-0.2, -0.15) is 5.10 Å². The van der Waals surface area contributed by atoms with Crippen molar-refractivity contribution in [1.82, 2.24) is 9.78 Å². The van der Waals surface area contributed by atoms with Crippen LogP contribution in [0.5, 0.6) is 0 Å². The molecular formula is C14H15FN4O. The highest BCUT2D eigenvalue weighted by molar-refractivity contribution is 5.96. The Morgan fingerprint density at radius 1 is 1.25 bits per heavy atom. The van der Waals surface area contributed by atoms with E-state index in [4.69, 9.17) is 5.73 Å². The fourth-order valence-corrected chi connectivity index (χ4v) is 2.48. The molecule has 1 aliphatic rings. The van der Waals surface area contributed by atoms with Crippen LogP contribution < -0.4 is 10.6 Å². The quantitative estimate of drug-likeness (QED) is 0.924. The van der Waals surface area contributed by atoms with E-state index in [-0.39, 0.29) is 11.7 Å². The second-order valence-electron chi connectivity index (χ2n) is 4.82. The lowest BCUT2D eigenvalue weighted by Crippen LogP contribution is -2.37. The topological polar surface area (TPSA) is 64.2 Å². The molecule has 1 aromatic carbocycles. The number of hydrogen-bond donors (Lipinski definition) is 1. The van der Waals surface area contributed by atoms with Crippen LogP contribution in [-0.2, 0) is 17.8 Å². The number of nitrogens with two attached hydrogens (primary N) is 1. The third kappa shape index (κ3) is 2.36. The van der Waals surface area contributed by atoms with Crippen molar-refractivity contribution in [3.8, 4) is 0 Å². The molecule has 2 N–H and O–H groups in total. The normalized spacial score (nSPS) is 14.4. The van der Waals surface area contributed by atoms with Crippen LogP contribution in [0.4, 0.5) is 15.9 Å². The summed E-state index contributed by atoms with van der Waals surface area (Å²) in [6, 6.07) is 6.26. The highest BCUT2D eigenvalue weighted by Crippen LogP contribution is 2.28. The van der Waals surface area contributed by atoms with Gasteiger partial charge in [-0.1, -0.05) is 0 Å². The number of nitrogens with zero attached hydrogens (tertiary/aromatic N) is 3. The molecule has 5 nitrogen and oxygen atoms in total. The lowest BCUT2D eigenvalue weighted by atomic mass is 10.0. The second kappa shape index (κ2) is 4.96. The molecule has 2 heterocycles. The van der Waals surface area contributed by atoms with Gasteiger partial charge < -0.3 is 10.6 Å². The fourth-order valence-electron chi connectivity index (χ4n) is 2.48. The smallest absolute Gasteiger partial charge is 0.227 e. The summed E-state index contributed by atoms with van der Waals surface area (Å²) in [6.45, 7) is 1.05. The van der Waals surface area contributed by atoms with Crippen LogP contribution in [0, 0.1) is 5.82 Å². The Bertz CT molecular complexity index is 652. The number of carbonyl (C=O) groups excluding carboxylic acids is 1. The molecule has 0 radical (unpaired) electrons. The third-order valence-electron chi connectivity index (χ3n) is 3.46. The van der Waals surface area contributed by atoms with Gasteiger partial charge >= 0.3 is 0 Å². The number of hydrogen-bond acceptors (Lipinski definition) is 3. The predicted octanol–water partition coefficient (Wildman–Crippen LogP) is 1.58. The second-order valence-corrected chi connectivity index (χ2v) is 4.82. The number of aromatic nitrogens is 2. The van der Waals surface area contributed by atoms with Gasteiger partial charge in [-0.3, -0.25) is 9.48 Å². The molecule has 0 saturated carbocycles. The molecule has 6 heteroatoms. The SMILES string of the molecule is Nc1ccn(CCN2C(=O)CCc3cc(F)ccc32)n1. The summed E-state index contributed by atoms with van der Waals surface area (Å²) in [6.07, 6.45) is 2.78. The monoisotopic (exact) mass is 274 g/mol. The number of carbonyl (C=O) groups is 1. The maximum absolute atomic E-state index is 13.2. The van der Waals surface area contributed by atoms with E-state index < -0.39 is 0 Å². The number of rotatable bonds is 3. The van der Waals surface area contributed by atoms with E-state index in [1.54, 1.807) is 27.9 Å². The van der Waals surface area contributed by atoms with Gasteiger partial charge in [0.25, 0.3) is 0 Å². The van der Waals surface area contributed by atoms with E-state index in [1.165, 1.54) is 12.1 Å². The molecule has 0 spiro atoms. The van der Waals surface area contributed by atoms with Crippen molar-refractivity contribution in [3.63, 3.8) is 0 Å². The summed E-state index contributed by atoms with van der Waals surface area (Å²) in [4.78, 5) is 13.7. The molecule has 0 bridgehead atoms. The zero-order valence-corrected chi connectivity index (χ0v) is 10.9. The largest absolute Gasteiger partial charge is 0.382 e. The van der Waals surface area contributed by atoms with E-state index in [0.717, 1.165) is 11.3 Å². The molecule has 1 aromatic heterocycles. The van der Waals surface area contributed by atoms with Crippen LogP contribution in [0.15, 0.2) is 30.5 Å². The van der Waals surface area contributed by atoms with Gasteiger partial charge in [-0.05, 0) is 36.2 Å². The number of halogens is 1. The van der Waals surface area contributed by atoms with Crippen molar-refractivity contribution in [2.45, 2.75) is 19.4 Å². The summed E-state index contributed by atoms with van der Waals surface area (Å²) in [5, 5.41) is 4.09. The first-order chi connectivity index (χ1) is 9.63. The van der Waals surface area contributed by atoms with Crippen molar-refractivity contribution >= 4 is 17.4 Å². The van der Waals surface area contributed by atoms with Crippen LogP contribution in [0.2, 0.25) is 0 Å². The lowest BCUT2D eigenvalue weighted by Gasteiger charge is -2.29. The Kier molecular flexibility index (Phi) is 3.14. The van der Waals surface area contributed by atoms with Gasteiger partial charge in [-0.15, -0.1) is 0 Å². The molecular weight excluding hydrogens is 259 g/mol. The van der Waals surface area contributed by atoms with Gasteiger partial charge in [0, 0.05) is 24.8 Å². The van der Waals surface area contributed by atoms with Gasteiger partial charge in [0.15, 0.2) is 0 Å². The van der Waals surface area contributed by atoms with Crippen LogP contribution in [0.3, 0.4) is 0 Å². The number of benzene rings is 1. The van der Waals surface area contributed by atoms with Crippen LogP contribution >= 0.6 is 0 Å². The maximum atomic E-state index is 13.2. The van der Waals surface area contributed by atoms with Crippen molar-refractivity contribution < 1.29 is 9.18 Å². The highest BCUT2D eigenvalue weighted by Gasteiger charge is 2.24. The van der Waals surface area contributed by atoms with E-state index >= 15 is 0 Å². The van der Waals surface area contributed by atoms with E-state index in [2.05, 4.69) is 5.10 Å². The first-order valence-electron chi connectivity index (χ1n) is 6.51.